The second-order valence-corrected chi connectivity index (χ2v) is 6.73. The van der Waals surface area contributed by atoms with Crippen LogP contribution in [0.5, 0.6) is 11.5 Å². The van der Waals surface area contributed by atoms with E-state index in [1.807, 2.05) is 6.07 Å². The monoisotopic (exact) mass is 409 g/mol. The van der Waals surface area contributed by atoms with Gasteiger partial charge in [-0.05, 0) is 36.8 Å². The lowest BCUT2D eigenvalue weighted by Gasteiger charge is -2.14. The lowest BCUT2D eigenvalue weighted by molar-refractivity contribution is -0.155. The molecule has 3 aromatic rings. The van der Waals surface area contributed by atoms with Gasteiger partial charge in [0.2, 0.25) is 6.79 Å². The molecule has 1 atom stereocenters. The first-order valence-corrected chi connectivity index (χ1v) is 9.31. The molecule has 4 rings (SSSR count). The third kappa shape index (κ3) is 4.09. The summed E-state index contributed by atoms with van der Waals surface area (Å²) in [5.74, 6) is 0.117. The van der Waals surface area contributed by atoms with Gasteiger partial charge in [0.1, 0.15) is 6.54 Å². The Labute approximate surface area is 171 Å². The van der Waals surface area contributed by atoms with Crippen LogP contribution in [-0.4, -0.2) is 34.3 Å². The summed E-state index contributed by atoms with van der Waals surface area (Å²) in [6.07, 6.45) is 0.270. The molecule has 0 saturated heterocycles. The van der Waals surface area contributed by atoms with E-state index >= 15 is 0 Å². The van der Waals surface area contributed by atoms with Crippen molar-refractivity contribution >= 4 is 22.8 Å². The van der Waals surface area contributed by atoms with Crippen molar-refractivity contribution in [3.05, 3.63) is 64.7 Å². The number of nitrogens with zero attached hydrogens (tertiary/aromatic N) is 2. The van der Waals surface area contributed by atoms with E-state index in [4.69, 9.17) is 14.2 Å². The van der Waals surface area contributed by atoms with Crippen molar-refractivity contribution in [3.8, 4) is 11.5 Å². The van der Waals surface area contributed by atoms with Crippen LogP contribution in [-0.2, 0) is 27.4 Å². The van der Waals surface area contributed by atoms with Crippen LogP contribution in [0.1, 0.15) is 12.5 Å². The standard InChI is InChI=1S/C21H19N3O6/c1-13(20(26)22-9-14-6-7-17-18(8-14)29-12-28-17)30-19(25)10-24-11-23-16-5-3-2-4-15(16)21(24)27/h2-8,11,13H,9-10,12H2,1H3,(H,22,26)/t13-/m0/s1. The summed E-state index contributed by atoms with van der Waals surface area (Å²) in [7, 11) is 0. The number of carbonyl (C=O) groups is 2. The number of amides is 1. The Morgan fingerprint density at radius 3 is 2.87 bits per heavy atom. The van der Waals surface area contributed by atoms with Gasteiger partial charge in [0.15, 0.2) is 17.6 Å². The minimum Gasteiger partial charge on any atom is -0.454 e. The van der Waals surface area contributed by atoms with Crippen molar-refractivity contribution in [2.45, 2.75) is 26.1 Å². The first kappa shape index (κ1) is 19.4. The molecule has 0 spiro atoms. The summed E-state index contributed by atoms with van der Waals surface area (Å²) in [4.78, 5) is 41.0. The van der Waals surface area contributed by atoms with Gasteiger partial charge in [0.25, 0.3) is 11.5 Å². The largest absolute Gasteiger partial charge is 0.454 e. The van der Waals surface area contributed by atoms with Crippen LogP contribution in [0.3, 0.4) is 0 Å². The normalized spacial score (nSPS) is 13.1. The van der Waals surface area contributed by atoms with E-state index in [0.29, 0.717) is 22.4 Å². The highest BCUT2D eigenvalue weighted by Gasteiger charge is 2.19. The Bertz CT molecular complexity index is 1170. The van der Waals surface area contributed by atoms with Gasteiger partial charge in [-0.25, -0.2) is 4.98 Å². The molecule has 2 aromatic carbocycles. The van der Waals surface area contributed by atoms with Crippen LogP contribution in [0.25, 0.3) is 10.9 Å². The van der Waals surface area contributed by atoms with Gasteiger partial charge in [-0.15, -0.1) is 0 Å². The summed E-state index contributed by atoms with van der Waals surface area (Å²) in [5.41, 5.74) is 1.01. The van der Waals surface area contributed by atoms with Crippen LogP contribution in [0.4, 0.5) is 0 Å². The summed E-state index contributed by atoms with van der Waals surface area (Å²) in [6, 6.07) is 12.2. The molecule has 1 aromatic heterocycles. The maximum Gasteiger partial charge on any atom is 0.326 e. The van der Waals surface area contributed by atoms with E-state index < -0.39 is 18.0 Å². The lowest BCUT2D eigenvalue weighted by atomic mass is 10.2. The minimum absolute atomic E-state index is 0.175. The second-order valence-electron chi connectivity index (χ2n) is 6.73. The Hall–Kier alpha value is -3.88. The molecule has 9 nitrogen and oxygen atoms in total. The molecule has 30 heavy (non-hydrogen) atoms. The van der Waals surface area contributed by atoms with Crippen molar-refractivity contribution in [1.82, 2.24) is 14.9 Å². The molecule has 9 heteroatoms. The molecule has 0 bridgehead atoms. The fourth-order valence-corrected chi connectivity index (χ4v) is 3.03. The fraction of sp³-hybridized carbons (Fsp3) is 0.238. The number of nitrogens with one attached hydrogen (secondary N) is 1. The average molecular weight is 409 g/mol. The summed E-state index contributed by atoms with van der Waals surface area (Å²) < 4.78 is 16.9. The number of hydrogen-bond donors (Lipinski definition) is 1. The van der Waals surface area contributed by atoms with E-state index in [1.54, 1.807) is 36.4 Å². The van der Waals surface area contributed by atoms with Crippen molar-refractivity contribution in [1.29, 1.82) is 0 Å². The van der Waals surface area contributed by atoms with Crippen molar-refractivity contribution in [2.75, 3.05) is 6.79 Å². The van der Waals surface area contributed by atoms with Gasteiger partial charge in [-0.1, -0.05) is 18.2 Å². The molecule has 2 heterocycles. The third-order valence-electron chi connectivity index (χ3n) is 4.61. The number of aromatic nitrogens is 2. The maximum absolute atomic E-state index is 12.4. The summed E-state index contributed by atoms with van der Waals surface area (Å²) >= 11 is 0. The highest BCUT2D eigenvalue weighted by atomic mass is 16.7. The van der Waals surface area contributed by atoms with Crippen LogP contribution in [0, 0.1) is 0 Å². The van der Waals surface area contributed by atoms with Gasteiger partial charge in [0.05, 0.1) is 17.2 Å². The second kappa shape index (κ2) is 8.24. The van der Waals surface area contributed by atoms with Gasteiger partial charge in [0, 0.05) is 6.54 Å². The molecular weight excluding hydrogens is 390 g/mol. The number of rotatable bonds is 6. The highest BCUT2D eigenvalue weighted by Crippen LogP contribution is 2.32. The topological polar surface area (TPSA) is 109 Å². The van der Waals surface area contributed by atoms with E-state index in [1.165, 1.54) is 13.3 Å². The predicted octanol–water partition coefficient (Wildman–Crippen LogP) is 1.37. The summed E-state index contributed by atoms with van der Waals surface area (Å²) in [5, 5.41) is 3.11. The van der Waals surface area contributed by atoms with E-state index in [0.717, 1.165) is 10.1 Å². The van der Waals surface area contributed by atoms with Crippen molar-refractivity contribution in [2.24, 2.45) is 0 Å². The molecular formula is C21H19N3O6. The minimum atomic E-state index is -1.02. The molecule has 1 aliphatic rings. The smallest absolute Gasteiger partial charge is 0.326 e. The Balaban J connectivity index is 1.32. The number of esters is 1. The van der Waals surface area contributed by atoms with Crippen molar-refractivity contribution in [3.63, 3.8) is 0 Å². The van der Waals surface area contributed by atoms with E-state index in [-0.39, 0.29) is 25.4 Å². The molecule has 0 unspecified atom stereocenters. The zero-order chi connectivity index (χ0) is 21.1. The summed E-state index contributed by atoms with van der Waals surface area (Å²) in [6.45, 7) is 1.55. The van der Waals surface area contributed by atoms with Gasteiger partial charge in [-0.2, -0.15) is 0 Å². The first-order valence-electron chi connectivity index (χ1n) is 9.31. The third-order valence-corrected chi connectivity index (χ3v) is 4.61. The number of benzene rings is 2. The van der Waals surface area contributed by atoms with Crippen molar-refractivity contribution < 1.29 is 23.8 Å². The molecule has 154 valence electrons. The van der Waals surface area contributed by atoms with E-state index in [2.05, 4.69) is 10.3 Å². The Morgan fingerprint density at radius 1 is 1.20 bits per heavy atom. The zero-order valence-corrected chi connectivity index (χ0v) is 16.2. The number of carbonyl (C=O) groups excluding carboxylic acids is 2. The maximum atomic E-state index is 12.4. The average Bonchev–Trinajstić information content (AvgIpc) is 3.22. The van der Waals surface area contributed by atoms with Gasteiger partial charge < -0.3 is 19.5 Å². The molecule has 0 fully saturated rings. The number of para-hydroxylation sites is 1. The van der Waals surface area contributed by atoms with Crippen LogP contribution in [0.2, 0.25) is 0 Å². The molecule has 1 amide bonds. The van der Waals surface area contributed by atoms with Crippen LogP contribution in [0.15, 0.2) is 53.6 Å². The molecule has 0 radical (unpaired) electrons. The Kier molecular flexibility index (Phi) is 5.34. The number of fused-ring (bicyclic) bond motifs is 2. The molecule has 0 saturated carbocycles. The first-order chi connectivity index (χ1) is 14.5. The van der Waals surface area contributed by atoms with Gasteiger partial charge >= 0.3 is 5.97 Å². The number of ether oxygens (including phenoxy) is 3. The molecule has 1 aliphatic heterocycles. The van der Waals surface area contributed by atoms with Gasteiger partial charge in [-0.3, -0.25) is 19.0 Å². The highest BCUT2D eigenvalue weighted by molar-refractivity contribution is 5.83. The Morgan fingerprint density at radius 2 is 2.00 bits per heavy atom. The molecule has 0 aliphatic carbocycles. The van der Waals surface area contributed by atoms with Crippen LogP contribution < -0.4 is 20.3 Å². The lowest BCUT2D eigenvalue weighted by Crippen LogP contribution is -2.36. The quantitative estimate of drug-likeness (QED) is 0.613. The fourth-order valence-electron chi connectivity index (χ4n) is 3.03. The predicted molar refractivity (Wildman–Crippen MR) is 106 cm³/mol. The zero-order valence-electron chi connectivity index (χ0n) is 16.2. The number of hydrogen-bond acceptors (Lipinski definition) is 7. The van der Waals surface area contributed by atoms with Crippen LogP contribution >= 0.6 is 0 Å². The molecule has 1 N–H and O–H groups in total. The van der Waals surface area contributed by atoms with E-state index in [9.17, 15) is 14.4 Å². The SMILES string of the molecule is C[C@H](OC(=O)Cn1cnc2ccccc2c1=O)C(=O)NCc1ccc2c(c1)OCO2.